The van der Waals surface area contributed by atoms with Crippen LogP contribution in [-0.2, 0) is 14.3 Å². The molecule has 0 aromatic carbocycles. The van der Waals surface area contributed by atoms with Gasteiger partial charge in [0, 0.05) is 19.1 Å². The highest BCUT2D eigenvalue weighted by atomic mass is 16.5. The molecule has 116 valence electrons. The van der Waals surface area contributed by atoms with Crippen molar-refractivity contribution < 1.29 is 14.3 Å². The average molecular weight is 283 g/mol. The normalized spacial score (nSPS) is 30.5. The summed E-state index contributed by atoms with van der Waals surface area (Å²) in [6.07, 6.45) is 6.10. The number of hydrogen-bond donors (Lipinski definition) is 1. The van der Waals surface area contributed by atoms with Crippen LogP contribution in [0.25, 0.3) is 0 Å². The van der Waals surface area contributed by atoms with Crippen LogP contribution in [-0.4, -0.2) is 37.4 Å². The molecule has 0 saturated heterocycles. The van der Waals surface area contributed by atoms with Crippen molar-refractivity contribution in [3.05, 3.63) is 0 Å². The summed E-state index contributed by atoms with van der Waals surface area (Å²) in [7, 11) is 1.48. The first-order valence-electron chi connectivity index (χ1n) is 7.82. The van der Waals surface area contributed by atoms with E-state index in [-0.39, 0.29) is 12.1 Å². The lowest BCUT2D eigenvalue weighted by molar-refractivity contribution is -0.149. The Balaban J connectivity index is 1.85. The number of rotatable bonds is 6. The molecule has 1 N–H and O–H groups in total. The smallest absolute Gasteiger partial charge is 0.326 e. The van der Waals surface area contributed by atoms with Gasteiger partial charge in [-0.3, -0.25) is 10.1 Å². The van der Waals surface area contributed by atoms with Crippen LogP contribution in [0.4, 0.5) is 0 Å². The van der Waals surface area contributed by atoms with Gasteiger partial charge in [0.2, 0.25) is 0 Å². The Kier molecular flexibility index (Phi) is 4.75. The Labute approximate surface area is 122 Å². The molecule has 2 atom stereocenters. The highest BCUT2D eigenvalue weighted by Crippen LogP contribution is 2.36. The molecule has 2 rings (SSSR count). The van der Waals surface area contributed by atoms with Gasteiger partial charge in [-0.2, -0.15) is 0 Å². The fourth-order valence-electron chi connectivity index (χ4n) is 2.86. The molecule has 0 aromatic heterocycles. The number of esters is 1. The van der Waals surface area contributed by atoms with Crippen LogP contribution in [0.15, 0.2) is 0 Å². The molecule has 0 amide bonds. The van der Waals surface area contributed by atoms with Crippen LogP contribution < -0.4 is 5.32 Å². The van der Waals surface area contributed by atoms with E-state index < -0.39 is 5.54 Å². The summed E-state index contributed by atoms with van der Waals surface area (Å²) in [6, 6.07) is 0.502. The SMILES string of the molecule is COC(=O)C1(NC2CC2)CCC(OCCC(C)(C)C)C1. The zero-order valence-electron chi connectivity index (χ0n) is 13.3. The summed E-state index contributed by atoms with van der Waals surface area (Å²) in [5.74, 6) is -0.119. The molecule has 0 heterocycles. The Bertz CT molecular complexity index is 346. The van der Waals surface area contributed by atoms with Gasteiger partial charge in [-0.05, 0) is 37.5 Å². The van der Waals surface area contributed by atoms with Gasteiger partial charge in [-0.1, -0.05) is 20.8 Å². The molecule has 0 spiro atoms. The topological polar surface area (TPSA) is 47.6 Å². The standard InChI is InChI=1S/C16H29NO3/c1-15(2,3)9-10-20-13-7-8-16(11-13,14(18)19-4)17-12-5-6-12/h12-13,17H,5-11H2,1-4H3. The van der Waals surface area contributed by atoms with Crippen LogP contribution >= 0.6 is 0 Å². The van der Waals surface area contributed by atoms with Crippen LogP contribution in [0.3, 0.4) is 0 Å². The van der Waals surface area contributed by atoms with Crippen molar-refractivity contribution in [3.63, 3.8) is 0 Å². The fraction of sp³-hybridized carbons (Fsp3) is 0.938. The zero-order chi connectivity index (χ0) is 14.8. The number of carbonyl (C=O) groups is 1. The number of carbonyl (C=O) groups excluding carboxylic acids is 1. The van der Waals surface area contributed by atoms with E-state index >= 15 is 0 Å². The van der Waals surface area contributed by atoms with E-state index in [0.717, 1.165) is 32.3 Å². The van der Waals surface area contributed by atoms with Crippen molar-refractivity contribution in [1.82, 2.24) is 5.32 Å². The molecular formula is C16H29NO3. The first-order chi connectivity index (χ1) is 9.35. The van der Waals surface area contributed by atoms with E-state index in [0.29, 0.717) is 11.5 Å². The number of hydrogen-bond acceptors (Lipinski definition) is 4. The van der Waals surface area contributed by atoms with Gasteiger partial charge in [0.15, 0.2) is 0 Å². The lowest BCUT2D eigenvalue weighted by Gasteiger charge is -2.28. The van der Waals surface area contributed by atoms with E-state index in [9.17, 15) is 4.79 Å². The second-order valence-corrected chi connectivity index (χ2v) is 7.54. The second-order valence-electron chi connectivity index (χ2n) is 7.54. The maximum atomic E-state index is 12.1. The second kappa shape index (κ2) is 6.02. The van der Waals surface area contributed by atoms with Crippen molar-refractivity contribution in [3.8, 4) is 0 Å². The molecule has 4 heteroatoms. The first kappa shape index (κ1) is 15.8. The number of nitrogens with one attached hydrogen (secondary N) is 1. The van der Waals surface area contributed by atoms with Crippen LogP contribution in [0.1, 0.15) is 59.3 Å². The third-order valence-corrected chi connectivity index (χ3v) is 4.31. The Morgan fingerprint density at radius 2 is 2.00 bits per heavy atom. The highest BCUT2D eigenvalue weighted by Gasteiger charge is 2.49. The van der Waals surface area contributed by atoms with Crippen molar-refractivity contribution in [2.45, 2.75) is 77.0 Å². The lowest BCUT2D eigenvalue weighted by atomic mass is 9.93. The zero-order valence-corrected chi connectivity index (χ0v) is 13.3. The van der Waals surface area contributed by atoms with Crippen LogP contribution in [0.5, 0.6) is 0 Å². The third kappa shape index (κ3) is 4.19. The minimum absolute atomic E-state index is 0.119. The van der Waals surface area contributed by atoms with E-state index in [1.54, 1.807) is 0 Å². The highest BCUT2D eigenvalue weighted by molar-refractivity contribution is 5.81. The van der Waals surface area contributed by atoms with Gasteiger partial charge in [0.25, 0.3) is 0 Å². The lowest BCUT2D eigenvalue weighted by Crippen LogP contribution is -2.52. The molecular weight excluding hydrogens is 254 g/mol. The molecule has 2 fully saturated rings. The van der Waals surface area contributed by atoms with Gasteiger partial charge in [0.05, 0.1) is 13.2 Å². The quantitative estimate of drug-likeness (QED) is 0.761. The van der Waals surface area contributed by atoms with Gasteiger partial charge in [0.1, 0.15) is 5.54 Å². The Hall–Kier alpha value is -0.610. The average Bonchev–Trinajstić information content (AvgIpc) is 3.07. The van der Waals surface area contributed by atoms with Crippen molar-refractivity contribution in [2.24, 2.45) is 5.41 Å². The monoisotopic (exact) mass is 283 g/mol. The molecule has 4 nitrogen and oxygen atoms in total. The molecule has 2 saturated carbocycles. The van der Waals surface area contributed by atoms with E-state index in [4.69, 9.17) is 9.47 Å². The predicted octanol–water partition coefficient (Wildman–Crippen LogP) is 2.66. The molecule has 0 radical (unpaired) electrons. The molecule has 2 aliphatic rings. The van der Waals surface area contributed by atoms with E-state index in [1.165, 1.54) is 20.0 Å². The molecule has 0 aliphatic heterocycles. The maximum absolute atomic E-state index is 12.1. The van der Waals surface area contributed by atoms with E-state index in [1.807, 2.05) is 0 Å². The van der Waals surface area contributed by atoms with Crippen molar-refractivity contribution in [2.75, 3.05) is 13.7 Å². The summed E-state index contributed by atoms with van der Waals surface area (Å²) >= 11 is 0. The molecule has 2 aliphatic carbocycles. The van der Waals surface area contributed by atoms with Gasteiger partial charge < -0.3 is 9.47 Å². The van der Waals surface area contributed by atoms with Gasteiger partial charge in [-0.15, -0.1) is 0 Å². The first-order valence-corrected chi connectivity index (χ1v) is 7.82. The number of methoxy groups -OCH3 is 1. The molecule has 20 heavy (non-hydrogen) atoms. The van der Waals surface area contributed by atoms with Gasteiger partial charge >= 0.3 is 5.97 Å². The third-order valence-electron chi connectivity index (χ3n) is 4.31. The summed E-state index contributed by atoms with van der Waals surface area (Å²) in [4.78, 5) is 12.1. The largest absolute Gasteiger partial charge is 0.468 e. The van der Waals surface area contributed by atoms with Gasteiger partial charge in [-0.25, -0.2) is 0 Å². The minimum Gasteiger partial charge on any atom is -0.468 e. The summed E-state index contributed by atoms with van der Waals surface area (Å²) < 4.78 is 11.0. The molecule has 0 bridgehead atoms. The van der Waals surface area contributed by atoms with E-state index in [2.05, 4.69) is 26.1 Å². The maximum Gasteiger partial charge on any atom is 0.326 e. The summed E-state index contributed by atoms with van der Waals surface area (Å²) in [5, 5.41) is 3.50. The minimum atomic E-state index is -0.498. The fourth-order valence-corrected chi connectivity index (χ4v) is 2.86. The summed E-state index contributed by atoms with van der Waals surface area (Å²) in [5.41, 5.74) is -0.202. The van der Waals surface area contributed by atoms with Crippen LogP contribution in [0, 0.1) is 5.41 Å². The summed E-state index contributed by atoms with van der Waals surface area (Å²) in [6.45, 7) is 7.43. The Morgan fingerprint density at radius 1 is 1.30 bits per heavy atom. The predicted molar refractivity (Wildman–Crippen MR) is 78.6 cm³/mol. The van der Waals surface area contributed by atoms with Crippen LogP contribution in [0.2, 0.25) is 0 Å². The van der Waals surface area contributed by atoms with Crippen molar-refractivity contribution in [1.29, 1.82) is 0 Å². The number of ether oxygens (including phenoxy) is 2. The molecule has 2 unspecified atom stereocenters. The van der Waals surface area contributed by atoms with Crippen molar-refractivity contribution >= 4 is 5.97 Å². The Morgan fingerprint density at radius 3 is 2.55 bits per heavy atom. The molecule has 0 aromatic rings.